The summed E-state index contributed by atoms with van der Waals surface area (Å²) in [4.78, 5) is 12.1. The molecule has 0 fully saturated rings. The van der Waals surface area contributed by atoms with E-state index >= 15 is 0 Å². The summed E-state index contributed by atoms with van der Waals surface area (Å²) in [5.41, 5.74) is 0.149. The van der Waals surface area contributed by atoms with Crippen LogP contribution in [0.2, 0.25) is 0 Å². The van der Waals surface area contributed by atoms with Crippen LogP contribution in [0.3, 0.4) is 0 Å². The third-order valence-electron chi connectivity index (χ3n) is 2.47. The van der Waals surface area contributed by atoms with E-state index in [0.29, 0.717) is 0 Å². The fraction of sp³-hybridized carbons (Fsp3) is 0.364. The first kappa shape index (κ1) is 15.8. The van der Waals surface area contributed by atoms with Crippen molar-refractivity contribution in [2.45, 2.75) is 19.5 Å². The zero-order chi connectivity index (χ0) is 12.3. The first-order chi connectivity index (χ1) is 7.43. The van der Waals surface area contributed by atoms with Gasteiger partial charge in [0.05, 0.1) is 0 Å². The Morgan fingerprint density at radius 3 is 2.59 bits per heavy atom. The van der Waals surface area contributed by atoms with Crippen molar-refractivity contribution in [3.8, 4) is 0 Å². The zero-order valence-electron chi connectivity index (χ0n) is 9.48. The van der Waals surface area contributed by atoms with Crippen molar-refractivity contribution in [3.05, 3.63) is 35.4 Å². The molecule has 0 aromatic heterocycles. The van der Waals surface area contributed by atoms with Crippen LogP contribution in [-0.2, 0) is 11.3 Å². The summed E-state index contributed by atoms with van der Waals surface area (Å²) in [6.07, 6.45) is 0. The molecule has 96 valence electrons. The van der Waals surface area contributed by atoms with E-state index in [2.05, 4.69) is 0 Å². The molecule has 17 heavy (non-hydrogen) atoms. The lowest BCUT2D eigenvalue weighted by atomic mass is 10.1. The summed E-state index contributed by atoms with van der Waals surface area (Å²) in [6.45, 7) is 1.54. The fourth-order valence-electron chi connectivity index (χ4n) is 1.26. The van der Waals surface area contributed by atoms with Gasteiger partial charge in [-0.2, -0.15) is 0 Å². The number of carboxylic acids is 1. The monoisotopic (exact) mass is 265 g/mol. The molecule has 0 saturated heterocycles. The van der Waals surface area contributed by atoms with Crippen LogP contribution >= 0.6 is 12.4 Å². The van der Waals surface area contributed by atoms with Crippen LogP contribution in [0.1, 0.15) is 12.5 Å². The molecule has 1 unspecified atom stereocenters. The van der Waals surface area contributed by atoms with Crippen LogP contribution < -0.4 is 0 Å². The Balaban J connectivity index is 0.00000256. The summed E-state index contributed by atoms with van der Waals surface area (Å²) in [6, 6.07) is 3.11. The molecule has 0 amide bonds. The van der Waals surface area contributed by atoms with Crippen LogP contribution in [0.15, 0.2) is 18.2 Å². The number of rotatable bonds is 4. The SMILES string of the molecule is CC(C(=O)O)N(C)Cc1cccc(F)c1F.Cl. The smallest absolute Gasteiger partial charge is 0.320 e. The molecule has 1 rings (SSSR count). The third-order valence-corrected chi connectivity index (χ3v) is 2.47. The van der Waals surface area contributed by atoms with Crippen LogP contribution in [0.4, 0.5) is 8.78 Å². The molecular formula is C11H14ClF2NO2. The molecule has 0 aliphatic carbocycles. The molecule has 1 atom stereocenters. The minimum Gasteiger partial charge on any atom is -0.480 e. The van der Waals surface area contributed by atoms with Crippen molar-refractivity contribution < 1.29 is 18.7 Å². The van der Waals surface area contributed by atoms with E-state index in [9.17, 15) is 13.6 Å². The Morgan fingerprint density at radius 1 is 1.47 bits per heavy atom. The van der Waals surface area contributed by atoms with Gasteiger partial charge in [0.1, 0.15) is 6.04 Å². The van der Waals surface area contributed by atoms with Crippen molar-refractivity contribution in [1.29, 1.82) is 0 Å². The highest BCUT2D eigenvalue weighted by Crippen LogP contribution is 2.14. The van der Waals surface area contributed by atoms with Crippen molar-refractivity contribution in [2.75, 3.05) is 7.05 Å². The van der Waals surface area contributed by atoms with Crippen LogP contribution in [-0.4, -0.2) is 29.1 Å². The Bertz CT molecular complexity index is 401. The summed E-state index contributed by atoms with van der Waals surface area (Å²) >= 11 is 0. The lowest BCUT2D eigenvalue weighted by Crippen LogP contribution is -2.35. The predicted molar refractivity (Wildman–Crippen MR) is 62.2 cm³/mol. The van der Waals surface area contributed by atoms with Gasteiger partial charge in [0.25, 0.3) is 0 Å². The standard InChI is InChI=1S/C11H13F2NO2.ClH/c1-7(11(15)16)14(2)6-8-4-3-5-9(12)10(8)13;/h3-5,7H,6H2,1-2H3,(H,15,16);1H. The highest BCUT2D eigenvalue weighted by molar-refractivity contribution is 5.85. The maximum Gasteiger partial charge on any atom is 0.320 e. The quantitative estimate of drug-likeness (QED) is 0.908. The van der Waals surface area contributed by atoms with Gasteiger partial charge >= 0.3 is 5.97 Å². The second-order valence-corrected chi connectivity index (χ2v) is 3.64. The van der Waals surface area contributed by atoms with Crippen molar-refractivity contribution in [3.63, 3.8) is 0 Å². The molecule has 6 heteroatoms. The first-order valence-corrected chi connectivity index (χ1v) is 4.79. The molecule has 3 nitrogen and oxygen atoms in total. The Kier molecular flexibility index (Phi) is 6.05. The third kappa shape index (κ3) is 3.94. The Morgan fingerprint density at radius 2 is 2.06 bits per heavy atom. The molecule has 1 N–H and O–H groups in total. The van der Waals surface area contributed by atoms with E-state index in [1.54, 1.807) is 7.05 Å². The van der Waals surface area contributed by atoms with Gasteiger partial charge < -0.3 is 5.11 Å². The zero-order valence-corrected chi connectivity index (χ0v) is 10.3. The number of aliphatic carboxylic acids is 1. The van der Waals surface area contributed by atoms with Crippen molar-refractivity contribution in [1.82, 2.24) is 4.90 Å². The molecular weight excluding hydrogens is 252 g/mol. The second kappa shape index (κ2) is 6.51. The molecule has 0 radical (unpaired) electrons. The van der Waals surface area contributed by atoms with Crippen LogP contribution in [0.25, 0.3) is 0 Å². The fourth-order valence-corrected chi connectivity index (χ4v) is 1.26. The average molecular weight is 266 g/mol. The molecule has 0 aliphatic heterocycles. The number of hydrogen-bond acceptors (Lipinski definition) is 2. The van der Waals surface area contributed by atoms with Gasteiger partial charge in [-0.1, -0.05) is 12.1 Å². The van der Waals surface area contributed by atoms with E-state index in [1.165, 1.54) is 24.0 Å². The summed E-state index contributed by atoms with van der Waals surface area (Å²) in [7, 11) is 1.54. The van der Waals surface area contributed by atoms with Gasteiger partial charge in [-0.15, -0.1) is 12.4 Å². The van der Waals surface area contributed by atoms with Gasteiger partial charge in [0, 0.05) is 12.1 Å². The molecule has 0 heterocycles. The van der Waals surface area contributed by atoms with Crippen LogP contribution in [0, 0.1) is 11.6 Å². The lowest BCUT2D eigenvalue weighted by molar-refractivity contribution is -0.142. The first-order valence-electron chi connectivity index (χ1n) is 4.79. The topological polar surface area (TPSA) is 40.5 Å². The number of nitrogens with zero attached hydrogens (tertiary/aromatic N) is 1. The number of carboxylic acid groups (broad SMARTS) is 1. The minimum absolute atomic E-state index is 0. The molecule has 0 saturated carbocycles. The van der Waals surface area contributed by atoms with Gasteiger partial charge in [-0.05, 0) is 20.0 Å². The lowest BCUT2D eigenvalue weighted by Gasteiger charge is -2.21. The largest absolute Gasteiger partial charge is 0.480 e. The summed E-state index contributed by atoms with van der Waals surface area (Å²) < 4.78 is 26.2. The van der Waals surface area contributed by atoms with Gasteiger partial charge in [-0.25, -0.2) is 8.78 Å². The normalized spacial score (nSPS) is 12.1. The van der Waals surface area contributed by atoms with Crippen LogP contribution in [0.5, 0.6) is 0 Å². The maximum atomic E-state index is 13.3. The molecule has 0 aliphatic rings. The predicted octanol–water partition coefficient (Wildman–Crippen LogP) is 2.29. The average Bonchev–Trinajstić information content (AvgIpc) is 2.23. The summed E-state index contributed by atoms with van der Waals surface area (Å²) in [5, 5.41) is 8.74. The number of benzene rings is 1. The molecule has 1 aromatic carbocycles. The highest BCUT2D eigenvalue weighted by Gasteiger charge is 2.18. The number of halogens is 3. The molecule has 0 bridgehead atoms. The maximum absolute atomic E-state index is 13.3. The summed E-state index contributed by atoms with van der Waals surface area (Å²) in [5.74, 6) is -2.85. The minimum atomic E-state index is -1.00. The van der Waals surface area contributed by atoms with Gasteiger partial charge in [-0.3, -0.25) is 9.69 Å². The van der Waals surface area contributed by atoms with Gasteiger partial charge in [0.2, 0.25) is 0 Å². The van der Waals surface area contributed by atoms with E-state index in [-0.39, 0.29) is 24.5 Å². The number of hydrogen-bond donors (Lipinski definition) is 1. The van der Waals surface area contributed by atoms with Crippen molar-refractivity contribution in [2.24, 2.45) is 0 Å². The Hall–Kier alpha value is -1.20. The Labute approximate surface area is 104 Å². The van der Waals surface area contributed by atoms with E-state index < -0.39 is 23.6 Å². The van der Waals surface area contributed by atoms with Crippen molar-refractivity contribution >= 4 is 18.4 Å². The molecule has 0 spiro atoms. The number of likely N-dealkylation sites (N-methyl/N-ethyl adjacent to an activating group) is 1. The van der Waals surface area contributed by atoms with E-state index in [4.69, 9.17) is 5.11 Å². The highest BCUT2D eigenvalue weighted by atomic mass is 35.5. The number of carbonyl (C=O) groups is 1. The van der Waals surface area contributed by atoms with E-state index in [0.717, 1.165) is 6.07 Å². The van der Waals surface area contributed by atoms with Gasteiger partial charge in [0.15, 0.2) is 11.6 Å². The second-order valence-electron chi connectivity index (χ2n) is 3.64. The molecule has 1 aromatic rings. The van der Waals surface area contributed by atoms with E-state index in [1.807, 2.05) is 0 Å².